The van der Waals surface area contributed by atoms with Crippen LogP contribution in [0.1, 0.15) is 11.4 Å². The molecule has 0 bridgehead atoms. The number of carbonyl (C=O) groups excluding carboxylic acids is 1. The third-order valence-corrected chi connectivity index (χ3v) is 6.32. The van der Waals surface area contributed by atoms with Crippen LogP contribution in [0.5, 0.6) is 0 Å². The van der Waals surface area contributed by atoms with Crippen LogP contribution >= 0.6 is 11.8 Å². The number of hydrogen-bond acceptors (Lipinski definition) is 2. The quantitative estimate of drug-likeness (QED) is 0.877. The molecule has 2 rings (SSSR count). The Kier molecular flexibility index (Phi) is 3.74. The summed E-state index contributed by atoms with van der Waals surface area (Å²) in [7, 11) is 0. The van der Waals surface area contributed by atoms with Crippen molar-refractivity contribution in [2.75, 3.05) is 0 Å². The first-order chi connectivity index (χ1) is 7.66. The molecular weight excluding hydrogens is 285 g/mol. The van der Waals surface area contributed by atoms with E-state index in [9.17, 15) is 4.79 Å². The summed E-state index contributed by atoms with van der Waals surface area (Å²) in [5.41, 5.74) is 5.23. The van der Waals surface area contributed by atoms with Gasteiger partial charge in [0.05, 0.1) is 0 Å². The van der Waals surface area contributed by atoms with Crippen LogP contribution in [0.15, 0.2) is 30.3 Å². The third kappa shape index (κ3) is 2.70. The second-order valence-corrected chi connectivity index (χ2v) is 7.39. The number of benzene rings is 1. The summed E-state index contributed by atoms with van der Waals surface area (Å²) < 4.78 is 2.88. The van der Waals surface area contributed by atoms with Crippen LogP contribution < -0.4 is 5.73 Å². The van der Waals surface area contributed by atoms with Gasteiger partial charge in [-0.25, -0.2) is 0 Å². The molecule has 1 aromatic carbocycles. The summed E-state index contributed by atoms with van der Waals surface area (Å²) in [6.45, 7) is 1.86. The fraction of sp³-hybridized carbons (Fsp3) is 0.250. The molecule has 16 heavy (non-hydrogen) atoms. The fourth-order valence-corrected chi connectivity index (χ4v) is 4.72. The molecule has 2 N–H and O–H groups in total. The van der Waals surface area contributed by atoms with Gasteiger partial charge in [0.1, 0.15) is 0 Å². The maximum atomic E-state index is 10.9. The molecule has 84 valence electrons. The van der Waals surface area contributed by atoms with E-state index >= 15 is 0 Å². The van der Waals surface area contributed by atoms with Crippen molar-refractivity contribution in [3.8, 4) is 0 Å². The van der Waals surface area contributed by atoms with Gasteiger partial charge in [-0.2, -0.15) is 0 Å². The van der Waals surface area contributed by atoms with Crippen molar-refractivity contribution in [1.29, 1.82) is 0 Å². The Morgan fingerprint density at radius 1 is 1.50 bits per heavy atom. The SMILES string of the molecule is CC(SCc1cc2ccccc2[se]1)C(N)=O. The van der Waals surface area contributed by atoms with Crippen molar-refractivity contribution in [3.05, 3.63) is 34.8 Å². The predicted octanol–water partition coefficient (Wildman–Crippen LogP) is 2.00. The molecule has 0 fully saturated rings. The van der Waals surface area contributed by atoms with E-state index in [4.69, 9.17) is 5.73 Å². The van der Waals surface area contributed by atoms with Crippen molar-refractivity contribution in [2.45, 2.75) is 17.9 Å². The Morgan fingerprint density at radius 3 is 2.94 bits per heavy atom. The second-order valence-electron chi connectivity index (χ2n) is 3.61. The number of thioether (sulfide) groups is 1. The number of amides is 1. The zero-order valence-electron chi connectivity index (χ0n) is 8.97. The van der Waals surface area contributed by atoms with Gasteiger partial charge in [-0.15, -0.1) is 0 Å². The van der Waals surface area contributed by atoms with Gasteiger partial charge in [0.25, 0.3) is 0 Å². The summed E-state index contributed by atoms with van der Waals surface area (Å²) in [4.78, 5) is 10.9. The van der Waals surface area contributed by atoms with Gasteiger partial charge in [0.2, 0.25) is 0 Å². The minimum absolute atomic E-state index is 0.0968. The van der Waals surface area contributed by atoms with E-state index in [1.807, 2.05) is 6.92 Å². The summed E-state index contributed by atoms with van der Waals surface area (Å²) in [6, 6.07) is 10.7. The monoisotopic (exact) mass is 299 g/mol. The van der Waals surface area contributed by atoms with Crippen LogP contribution in [0.4, 0.5) is 0 Å². The maximum absolute atomic E-state index is 10.9. The van der Waals surface area contributed by atoms with Crippen molar-refractivity contribution in [3.63, 3.8) is 0 Å². The van der Waals surface area contributed by atoms with E-state index in [0.717, 1.165) is 5.75 Å². The zero-order valence-corrected chi connectivity index (χ0v) is 11.5. The van der Waals surface area contributed by atoms with Crippen molar-refractivity contribution >= 4 is 41.8 Å². The van der Waals surface area contributed by atoms with E-state index in [1.165, 1.54) is 14.1 Å². The minimum atomic E-state index is -0.228. The van der Waals surface area contributed by atoms with Crippen LogP contribution in [0.2, 0.25) is 0 Å². The second kappa shape index (κ2) is 5.09. The topological polar surface area (TPSA) is 43.1 Å². The summed E-state index contributed by atoms with van der Waals surface area (Å²) in [6.07, 6.45) is 0. The van der Waals surface area contributed by atoms with E-state index in [2.05, 4.69) is 30.3 Å². The molecule has 2 aromatic rings. The van der Waals surface area contributed by atoms with Crippen molar-refractivity contribution < 1.29 is 4.79 Å². The standard InChI is InChI=1S/C12H13NOSSe/c1-8(12(13)14)15-7-10-6-9-4-2-3-5-11(9)16-10/h2-6,8H,7H2,1H3,(H2,13,14). The van der Waals surface area contributed by atoms with Gasteiger partial charge in [-0.3, -0.25) is 0 Å². The first-order valence-electron chi connectivity index (χ1n) is 5.05. The van der Waals surface area contributed by atoms with Gasteiger partial charge in [0.15, 0.2) is 0 Å². The number of primary amides is 1. The molecule has 0 aliphatic carbocycles. The Labute approximate surface area is 105 Å². The number of fused-ring (bicyclic) bond motifs is 1. The number of carbonyl (C=O) groups is 1. The molecule has 0 aliphatic rings. The zero-order chi connectivity index (χ0) is 11.5. The molecule has 1 unspecified atom stereocenters. The van der Waals surface area contributed by atoms with Crippen LogP contribution in [0, 0.1) is 0 Å². The van der Waals surface area contributed by atoms with Crippen molar-refractivity contribution in [1.82, 2.24) is 0 Å². The van der Waals surface area contributed by atoms with E-state index in [-0.39, 0.29) is 11.2 Å². The Bertz CT molecular complexity index is 475. The van der Waals surface area contributed by atoms with Crippen LogP contribution in [0.25, 0.3) is 9.65 Å². The Hall–Kier alpha value is -0.701. The average molecular weight is 298 g/mol. The van der Waals surface area contributed by atoms with Gasteiger partial charge in [-0.05, 0) is 0 Å². The number of hydrogen-bond donors (Lipinski definition) is 1. The summed E-state index contributed by atoms with van der Waals surface area (Å²) in [5.74, 6) is 0.687. The summed E-state index contributed by atoms with van der Waals surface area (Å²) >= 11 is 2.06. The van der Waals surface area contributed by atoms with E-state index in [0.29, 0.717) is 14.5 Å². The molecule has 0 aliphatic heterocycles. The van der Waals surface area contributed by atoms with Crippen LogP contribution in [0.3, 0.4) is 0 Å². The van der Waals surface area contributed by atoms with Crippen LogP contribution in [-0.4, -0.2) is 25.7 Å². The molecule has 1 atom stereocenters. The van der Waals surface area contributed by atoms with E-state index in [1.54, 1.807) is 11.8 Å². The third-order valence-electron chi connectivity index (χ3n) is 2.35. The molecule has 0 saturated heterocycles. The predicted molar refractivity (Wildman–Crippen MR) is 70.8 cm³/mol. The molecule has 0 saturated carbocycles. The fourth-order valence-electron chi connectivity index (χ4n) is 1.40. The molecule has 2 nitrogen and oxygen atoms in total. The Balaban J connectivity index is 2.07. The first-order valence-corrected chi connectivity index (χ1v) is 7.81. The average Bonchev–Trinajstić information content (AvgIpc) is 2.68. The van der Waals surface area contributed by atoms with E-state index < -0.39 is 0 Å². The van der Waals surface area contributed by atoms with Gasteiger partial charge in [0, 0.05) is 0 Å². The molecule has 1 heterocycles. The molecule has 0 spiro atoms. The van der Waals surface area contributed by atoms with Crippen LogP contribution in [-0.2, 0) is 10.5 Å². The summed E-state index contributed by atoms with van der Waals surface area (Å²) in [5, 5.41) is 1.24. The van der Waals surface area contributed by atoms with Gasteiger partial charge >= 0.3 is 105 Å². The number of nitrogens with two attached hydrogens (primary N) is 1. The van der Waals surface area contributed by atoms with Gasteiger partial charge < -0.3 is 0 Å². The molecule has 4 heteroatoms. The molecule has 0 radical (unpaired) electrons. The number of rotatable bonds is 4. The van der Waals surface area contributed by atoms with Crippen molar-refractivity contribution in [2.24, 2.45) is 5.73 Å². The first kappa shape index (κ1) is 11.8. The molecular formula is C12H13NOSSe. The van der Waals surface area contributed by atoms with Gasteiger partial charge in [-0.1, -0.05) is 0 Å². The molecule has 1 aromatic heterocycles. The normalized spacial score (nSPS) is 12.8. The Morgan fingerprint density at radius 2 is 2.25 bits per heavy atom. The molecule has 1 amide bonds.